The molecule has 6 nitrogen and oxygen atoms in total. The normalized spacial score (nSPS) is 30.4. The van der Waals surface area contributed by atoms with E-state index in [2.05, 4.69) is 0 Å². The van der Waals surface area contributed by atoms with Gasteiger partial charge in [-0.25, -0.2) is 13.9 Å². The number of nitrogens with zero attached hydrogens (tertiary/aromatic N) is 2. The first-order valence-electron chi connectivity index (χ1n) is 5.60. The van der Waals surface area contributed by atoms with Crippen LogP contribution in [-0.2, 0) is 18.5 Å². The standard InChI is InChI=1S/C9H20BN2O4P/c1-5-8-6-12(7-9(10)15-8)16-17(13,14-4)11(2)3/h8-9H,5-7H2,1-4H3. The van der Waals surface area contributed by atoms with Crippen LogP contribution in [0.4, 0.5) is 0 Å². The Morgan fingerprint density at radius 3 is 2.65 bits per heavy atom. The van der Waals surface area contributed by atoms with Crippen molar-refractivity contribution in [2.45, 2.75) is 25.5 Å². The third kappa shape index (κ3) is 4.05. The van der Waals surface area contributed by atoms with Crippen molar-refractivity contribution in [1.29, 1.82) is 0 Å². The molecule has 1 rings (SSSR count). The quantitative estimate of drug-likeness (QED) is 0.540. The average molecular weight is 262 g/mol. The highest BCUT2D eigenvalue weighted by Gasteiger charge is 2.34. The summed E-state index contributed by atoms with van der Waals surface area (Å²) in [5, 5.41) is 1.56. The smallest absolute Gasteiger partial charge is 0.382 e. The summed E-state index contributed by atoms with van der Waals surface area (Å²) in [4.78, 5) is 0. The van der Waals surface area contributed by atoms with E-state index in [0.29, 0.717) is 13.1 Å². The number of hydrogen-bond acceptors (Lipinski definition) is 5. The summed E-state index contributed by atoms with van der Waals surface area (Å²) >= 11 is 0. The largest absolute Gasteiger partial charge is 0.424 e. The van der Waals surface area contributed by atoms with Gasteiger partial charge in [-0.1, -0.05) is 6.92 Å². The molecular weight excluding hydrogens is 242 g/mol. The number of ether oxygens (including phenoxy) is 1. The van der Waals surface area contributed by atoms with Crippen molar-refractivity contribution in [3.63, 3.8) is 0 Å². The van der Waals surface area contributed by atoms with Gasteiger partial charge in [0.1, 0.15) is 7.85 Å². The van der Waals surface area contributed by atoms with Crippen LogP contribution >= 0.6 is 7.75 Å². The van der Waals surface area contributed by atoms with Gasteiger partial charge in [0.2, 0.25) is 0 Å². The molecule has 0 aromatic rings. The minimum atomic E-state index is -3.26. The molecule has 1 aliphatic heterocycles. The van der Waals surface area contributed by atoms with Crippen molar-refractivity contribution < 1.29 is 18.5 Å². The highest BCUT2D eigenvalue weighted by molar-refractivity contribution is 7.51. The summed E-state index contributed by atoms with van der Waals surface area (Å²) < 4.78 is 29.5. The fourth-order valence-electron chi connectivity index (χ4n) is 1.54. The Hall–Kier alpha value is 0.0949. The minimum Gasteiger partial charge on any atom is -0.382 e. The Kier molecular flexibility index (Phi) is 5.63. The Morgan fingerprint density at radius 2 is 2.18 bits per heavy atom. The summed E-state index contributed by atoms with van der Waals surface area (Å²) in [6.45, 7) is 2.91. The SMILES string of the molecule is [B]C1CN(OP(=O)(OC)N(C)C)CC(CC)O1. The lowest BCUT2D eigenvalue weighted by molar-refractivity contribution is -0.167. The third-order valence-corrected chi connectivity index (χ3v) is 4.43. The van der Waals surface area contributed by atoms with Crippen molar-refractivity contribution in [3.8, 4) is 0 Å². The van der Waals surface area contributed by atoms with E-state index in [1.165, 1.54) is 11.8 Å². The highest BCUT2D eigenvalue weighted by atomic mass is 31.2. The van der Waals surface area contributed by atoms with Gasteiger partial charge in [-0.15, -0.1) is 0 Å². The molecular formula is C9H20BN2O4P. The van der Waals surface area contributed by atoms with Crippen LogP contribution < -0.4 is 0 Å². The molecule has 0 amide bonds. The first-order valence-corrected chi connectivity index (χ1v) is 7.10. The van der Waals surface area contributed by atoms with Gasteiger partial charge in [-0.3, -0.25) is 4.52 Å². The van der Waals surface area contributed by atoms with Gasteiger partial charge in [0.15, 0.2) is 0 Å². The topological polar surface area (TPSA) is 51.2 Å². The maximum absolute atomic E-state index is 12.2. The molecule has 17 heavy (non-hydrogen) atoms. The van der Waals surface area contributed by atoms with Crippen molar-refractivity contribution in [2.24, 2.45) is 0 Å². The van der Waals surface area contributed by atoms with E-state index in [1.54, 1.807) is 19.2 Å². The monoisotopic (exact) mass is 262 g/mol. The molecule has 98 valence electrons. The second-order valence-corrected chi connectivity index (χ2v) is 6.40. The molecule has 1 fully saturated rings. The Labute approximate surface area is 104 Å². The van der Waals surface area contributed by atoms with Crippen molar-refractivity contribution >= 4 is 15.6 Å². The highest BCUT2D eigenvalue weighted by Crippen LogP contribution is 2.50. The minimum absolute atomic E-state index is 0.00813. The van der Waals surface area contributed by atoms with Gasteiger partial charge < -0.3 is 4.74 Å². The molecule has 8 heteroatoms. The van der Waals surface area contributed by atoms with Crippen LogP contribution in [0, 0.1) is 0 Å². The fraction of sp³-hybridized carbons (Fsp3) is 1.00. The average Bonchev–Trinajstić information content (AvgIpc) is 2.27. The molecule has 0 saturated carbocycles. The van der Waals surface area contributed by atoms with E-state index >= 15 is 0 Å². The second kappa shape index (κ2) is 6.32. The number of hydrogen-bond donors (Lipinski definition) is 0. The Balaban J connectivity index is 2.64. The summed E-state index contributed by atoms with van der Waals surface area (Å²) in [5.41, 5.74) is 0. The van der Waals surface area contributed by atoms with Crippen LogP contribution in [0.15, 0.2) is 0 Å². The molecule has 1 heterocycles. The molecule has 0 N–H and O–H groups in total. The van der Waals surface area contributed by atoms with E-state index in [9.17, 15) is 4.57 Å². The molecule has 0 bridgehead atoms. The van der Waals surface area contributed by atoms with Gasteiger partial charge in [0, 0.05) is 19.7 Å². The maximum atomic E-state index is 12.2. The Morgan fingerprint density at radius 1 is 1.53 bits per heavy atom. The summed E-state index contributed by atoms with van der Waals surface area (Å²) in [7, 11) is 7.12. The second-order valence-electron chi connectivity index (χ2n) is 4.13. The summed E-state index contributed by atoms with van der Waals surface area (Å²) in [6, 6.07) is -0.429. The van der Waals surface area contributed by atoms with Crippen molar-refractivity contribution in [1.82, 2.24) is 9.73 Å². The summed E-state index contributed by atoms with van der Waals surface area (Å²) in [5.74, 6) is 0. The van der Waals surface area contributed by atoms with Crippen LogP contribution in [0.25, 0.3) is 0 Å². The van der Waals surface area contributed by atoms with E-state index in [1.807, 2.05) is 6.92 Å². The first kappa shape index (κ1) is 15.2. The third-order valence-electron chi connectivity index (χ3n) is 2.55. The summed E-state index contributed by atoms with van der Waals surface area (Å²) in [6.07, 6.45) is 0.818. The van der Waals surface area contributed by atoms with Gasteiger partial charge in [-0.2, -0.15) is 5.06 Å². The van der Waals surface area contributed by atoms with Crippen LogP contribution in [-0.4, -0.2) is 64.0 Å². The lowest BCUT2D eigenvalue weighted by atomic mass is 9.98. The number of morpholine rings is 1. The molecule has 3 atom stereocenters. The maximum Gasteiger partial charge on any atom is 0.424 e. The predicted molar refractivity (Wildman–Crippen MR) is 65.7 cm³/mol. The van der Waals surface area contributed by atoms with Gasteiger partial charge in [0.05, 0.1) is 12.6 Å². The van der Waals surface area contributed by atoms with E-state index in [0.717, 1.165) is 6.42 Å². The zero-order valence-corrected chi connectivity index (χ0v) is 11.7. The molecule has 0 aliphatic carbocycles. The Bertz CT molecular complexity index is 292. The fourth-order valence-corrected chi connectivity index (χ4v) is 2.51. The predicted octanol–water partition coefficient (Wildman–Crippen LogP) is 0.839. The van der Waals surface area contributed by atoms with Gasteiger partial charge in [-0.05, 0) is 20.5 Å². The van der Waals surface area contributed by atoms with Crippen molar-refractivity contribution in [2.75, 3.05) is 34.3 Å². The van der Waals surface area contributed by atoms with E-state index in [-0.39, 0.29) is 6.10 Å². The molecule has 1 aliphatic rings. The lowest BCUT2D eigenvalue weighted by Crippen LogP contribution is -2.47. The van der Waals surface area contributed by atoms with Crippen molar-refractivity contribution in [3.05, 3.63) is 0 Å². The molecule has 0 spiro atoms. The zero-order chi connectivity index (χ0) is 13.1. The van der Waals surface area contributed by atoms with Gasteiger partial charge >= 0.3 is 7.75 Å². The van der Waals surface area contributed by atoms with Crippen LogP contribution in [0.5, 0.6) is 0 Å². The van der Waals surface area contributed by atoms with Crippen LogP contribution in [0.2, 0.25) is 0 Å². The van der Waals surface area contributed by atoms with Crippen LogP contribution in [0.1, 0.15) is 13.3 Å². The molecule has 0 aromatic heterocycles. The number of hydroxylamine groups is 2. The van der Waals surface area contributed by atoms with Gasteiger partial charge in [0.25, 0.3) is 0 Å². The van der Waals surface area contributed by atoms with E-state index in [4.69, 9.17) is 21.7 Å². The first-order chi connectivity index (χ1) is 7.91. The van der Waals surface area contributed by atoms with E-state index < -0.39 is 13.7 Å². The van der Waals surface area contributed by atoms with Crippen LogP contribution in [0.3, 0.4) is 0 Å². The lowest BCUT2D eigenvalue weighted by Gasteiger charge is -2.37. The zero-order valence-electron chi connectivity index (χ0n) is 10.8. The number of rotatable bonds is 5. The molecule has 3 unspecified atom stereocenters. The molecule has 2 radical (unpaired) electrons. The molecule has 1 saturated heterocycles. The molecule has 0 aromatic carbocycles.